The molecule has 0 saturated heterocycles. The molecular formula is C18H17ClN2O2. The summed E-state index contributed by atoms with van der Waals surface area (Å²) >= 11 is 6.02. The minimum atomic E-state index is -0.0485. The van der Waals surface area contributed by atoms with Crippen molar-refractivity contribution in [1.29, 1.82) is 0 Å². The summed E-state index contributed by atoms with van der Waals surface area (Å²) in [4.78, 5) is 12.7. The van der Waals surface area contributed by atoms with Crippen LogP contribution >= 0.6 is 11.6 Å². The molecule has 5 heteroatoms. The van der Waals surface area contributed by atoms with Crippen molar-refractivity contribution >= 4 is 11.6 Å². The number of H-pyrrole nitrogens is 1. The van der Waals surface area contributed by atoms with E-state index in [1.807, 2.05) is 55.5 Å². The zero-order valence-corrected chi connectivity index (χ0v) is 13.7. The van der Waals surface area contributed by atoms with E-state index in [0.29, 0.717) is 11.4 Å². The molecule has 0 radical (unpaired) electrons. The summed E-state index contributed by atoms with van der Waals surface area (Å²) < 4.78 is 6.69. The third kappa shape index (κ3) is 3.17. The van der Waals surface area contributed by atoms with Crippen LogP contribution in [-0.4, -0.2) is 16.9 Å². The van der Waals surface area contributed by atoms with Crippen molar-refractivity contribution in [1.82, 2.24) is 9.78 Å². The molecule has 0 spiro atoms. The van der Waals surface area contributed by atoms with Gasteiger partial charge in [-0.15, -0.1) is 0 Å². The number of ether oxygens (including phenoxy) is 1. The van der Waals surface area contributed by atoms with E-state index in [2.05, 4.69) is 5.10 Å². The number of hydrogen-bond acceptors (Lipinski definition) is 2. The van der Waals surface area contributed by atoms with E-state index in [1.54, 1.807) is 11.8 Å². The highest BCUT2D eigenvalue weighted by atomic mass is 35.5. The summed E-state index contributed by atoms with van der Waals surface area (Å²) in [5, 5.41) is 3.80. The van der Waals surface area contributed by atoms with Crippen LogP contribution in [0, 0.1) is 6.92 Å². The Balaban J connectivity index is 1.97. The number of rotatable bonds is 4. The molecule has 0 aliphatic carbocycles. The van der Waals surface area contributed by atoms with E-state index in [9.17, 15) is 4.79 Å². The van der Waals surface area contributed by atoms with Crippen LogP contribution in [0.5, 0.6) is 5.75 Å². The van der Waals surface area contributed by atoms with E-state index in [1.165, 1.54) is 0 Å². The van der Waals surface area contributed by atoms with Gasteiger partial charge in [-0.25, -0.2) is 4.68 Å². The van der Waals surface area contributed by atoms with Gasteiger partial charge in [0.1, 0.15) is 5.75 Å². The number of benzene rings is 2. The Morgan fingerprint density at radius 3 is 2.57 bits per heavy atom. The van der Waals surface area contributed by atoms with Crippen LogP contribution in [0.1, 0.15) is 16.8 Å². The molecule has 2 aromatic carbocycles. The Kier molecular flexibility index (Phi) is 4.26. The van der Waals surface area contributed by atoms with Crippen molar-refractivity contribution in [2.75, 3.05) is 7.11 Å². The molecule has 1 heterocycles. The van der Waals surface area contributed by atoms with Gasteiger partial charge in [0.2, 0.25) is 0 Å². The summed E-state index contributed by atoms with van der Waals surface area (Å²) in [5.41, 5.74) is 3.33. The molecule has 3 rings (SSSR count). The van der Waals surface area contributed by atoms with Gasteiger partial charge in [-0.2, -0.15) is 0 Å². The summed E-state index contributed by atoms with van der Waals surface area (Å²) in [6.45, 7) is 1.90. The van der Waals surface area contributed by atoms with E-state index >= 15 is 0 Å². The number of aromatic nitrogens is 2. The fourth-order valence-corrected chi connectivity index (χ4v) is 2.77. The van der Waals surface area contributed by atoms with Gasteiger partial charge in [0.15, 0.2) is 0 Å². The number of aromatic amines is 1. The maximum atomic E-state index is 12.7. The van der Waals surface area contributed by atoms with Gasteiger partial charge in [-0.3, -0.25) is 9.89 Å². The molecule has 0 amide bonds. The molecule has 4 nitrogen and oxygen atoms in total. The highest BCUT2D eigenvalue weighted by Crippen LogP contribution is 2.17. The molecule has 1 aromatic heterocycles. The van der Waals surface area contributed by atoms with Crippen LogP contribution in [0.25, 0.3) is 5.69 Å². The highest BCUT2D eigenvalue weighted by Gasteiger charge is 2.13. The van der Waals surface area contributed by atoms with Gasteiger partial charge >= 0.3 is 0 Å². The molecule has 0 saturated carbocycles. The van der Waals surface area contributed by atoms with Gasteiger partial charge in [-0.05, 0) is 48.9 Å². The van der Waals surface area contributed by atoms with E-state index < -0.39 is 0 Å². The number of aryl methyl sites for hydroxylation is 1. The van der Waals surface area contributed by atoms with Crippen molar-refractivity contribution in [3.05, 3.63) is 80.7 Å². The molecule has 0 aliphatic heterocycles. The number of methoxy groups -OCH3 is 1. The first-order valence-electron chi connectivity index (χ1n) is 7.28. The molecule has 0 atom stereocenters. The average molecular weight is 329 g/mol. The summed E-state index contributed by atoms with van der Waals surface area (Å²) in [7, 11) is 1.61. The normalized spacial score (nSPS) is 10.7. The van der Waals surface area contributed by atoms with E-state index in [4.69, 9.17) is 16.3 Å². The third-order valence-corrected chi connectivity index (χ3v) is 4.03. The standard InChI is InChI=1S/C18H17ClN2O2/c1-12-17(11-13-4-3-5-14(19)10-13)18(22)21(20-12)15-6-8-16(23-2)9-7-15/h3-10,20H,11H2,1-2H3. The Morgan fingerprint density at radius 1 is 1.17 bits per heavy atom. The van der Waals surface area contributed by atoms with Crippen molar-refractivity contribution in [3.8, 4) is 11.4 Å². The Labute approximate surface area is 139 Å². The van der Waals surface area contributed by atoms with Crippen LogP contribution in [0.3, 0.4) is 0 Å². The predicted molar refractivity (Wildman–Crippen MR) is 91.9 cm³/mol. The Morgan fingerprint density at radius 2 is 1.91 bits per heavy atom. The minimum Gasteiger partial charge on any atom is -0.497 e. The first-order valence-corrected chi connectivity index (χ1v) is 7.65. The maximum Gasteiger partial charge on any atom is 0.274 e. The number of hydrogen-bond donors (Lipinski definition) is 1. The predicted octanol–water partition coefficient (Wildman–Crippen LogP) is 3.73. The SMILES string of the molecule is COc1ccc(-n2[nH]c(C)c(Cc3cccc(Cl)c3)c2=O)cc1. The molecule has 118 valence electrons. The van der Waals surface area contributed by atoms with Gasteiger partial charge in [-0.1, -0.05) is 23.7 Å². The quantitative estimate of drug-likeness (QED) is 0.793. The molecular weight excluding hydrogens is 312 g/mol. The maximum absolute atomic E-state index is 12.7. The second-order valence-electron chi connectivity index (χ2n) is 5.36. The monoisotopic (exact) mass is 328 g/mol. The molecule has 3 aromatic rings. The molecule has 0 unspecified atom stereocenters. The summed E-state index contributed by atoms with van der Waals surface area (Å²) in [5.74, 6) is 0.754. The molecule has 0 fully saturated rings. The van der Waals surface area contributed by atoms with Crippen molar-refractivity contribution in [3.63, 3.8) is 0 Å². The largest absolute Gasteiger partial charge is 0.497 e. The minimum absolute atomic E-state index is 0.0485. The van der Waals surface area contributed by atoms with Crippen LogP contribution in [0.2, 0.25) is 5.02 Å². The molecule has 23 heavy (non-hydrogen) atoms. The van der Waals surface area contributed by atoms with Gasteiger partial charge in [0, 0.05) is 22.7 Å². The van der Waals surface area contributed by atoms with Gasteiger partial charge < -0.3 is 4.74 Å². The van der Waals surface area contributed by atoms with Crippen LogP contribution < -0.4 is 10.3 Å². The van der Waals surface area contributed by atoms with Crippen LogP contribution in [0.4, 0.5) is 0 Å². The first kappa shape index (κ1) is 15.4. The summed E-state index contributed by atoms with van der Waals surface area (Å²) in [6.07, 6.45) is 0.547. The molecule has 0 bridgehead atoms. The van der Waals surface area contributed by atoms with Gasteiger partial charge in [0.05, 0.1) is 12.8 Å². The molecule has 0 aliphatic rings. The van der Waals surface area contributed by atoms with Gasteiger partial charge in [0.25, 0.3) is 5.56 Å². The lowest BCUT2D eigenvalue weighted by molar-refractivity contribution is 0.414. The fraction of sp³-hybridized carbons (Fsp3) is 0.167. The number of nitrogens with one attached hydrogen (secondary N) is 1. The lowest BCUT2D eigenvalue weighted by atomic mass is 10.1. The Bertz CT molecular complexity index is 879. The third-order valence-electron chi connectivity index (χ3n) is 3.79. The Hall–Kier alpha value is -2.46. The van der Waals surface area contributed by atoms with Crippen molar-refractivity contribution in [2.24, 2.45) is 0 Å². The second kappa shape index (κ2) is 6.34. The smallest absolute Gasteiger partial charge is 0.274 e. The van der Waals surface area contributed by atoms with Crippen LogP contribution in [0.15, 0.2) is 53.3 Å². The number of halogens is 1. The summed E-state index contributed by atoms with van der Waals surface area (Å²) in [6, 6.07) is 14.9. The van der Waals surface area contributed by atoms with Crippen molar-refractivity contribution < 1.29 is 4.74 Å². The number of nitrogens with zero attached hydrogens (tertiary/aromatic N) is 1. The topological polar surface area (TPSA) is 47.0 Å². The average Bonchev–Trinajstić information content (AvgIpc) is 2.83. The van der Waals surface area contributed by atoms with E-state index in [0.717, 1.165) is 28.3 Å². The first-order chi connectivity index (χ1) is 11.1. The van der Waals surface area contributed by atoms with Crippen LogP contribution in [-0.2, 0) is 6.42 Å². The zero-order chi connectivity index (χ0) is 16.4. The highest BCUT2D eigenvalue weighted by molar-refractivity contribution is 6.30. The van der Waals surface area contributed by atoms with Crippen molar-refractivity contribution in [2.45, 2.75) is 13.3 Å². The lowest BCUT2D eigenvalue weighted by Gasteiger charge is -2.03. The molecule has 1 N–H and O–H groups in total. The fourth-order valence-electron chi connectivity index (χ4n) is 2.55. The second-order valence-corrected chi connectivity index (χ2v) is 5.80. The lowest BCUT2D eigenvalue weighted by Crippen LogP contribution is -2.17. The zero-order valence-electron chi connectivity index (χ0n) is 13.0. The van der Waals surface area contributed by atoms with E-state index in [-0.39, 0.29) is 5.56 Å².